The van der Waals surface area contributed by atoms with Crippen LogP contribution in [-0.2, 0) is 16.1 Å². The molecule has 3 heterocycles. The van der Waals surface area contributed by atoms with E-state index in [1.165, 1.54) is 0 Å². The van der Waals surface area contributed by atoms with E-state index >= 15 is 0 Å². The first-order valence-corrected chi connectivity index (χ1v) is 11.1. The van der Waals surface area contributed by atoms with Gasteiger partial charge in [-0.25, -0.2) is 0 Å². The summed E-state index contributed by atoms with van der Waals surface area (Å²) in [6, 6.07) is 4.36. The number of carbonyl (C=O) groups is 2. The lowest BCUT2D eigenvalue weighted by Crippen LogP contribution is -2.53. The number of aromatic nitrogens is 1. The minimum Gasteiger partial charge on any atom is -0.352 e. The Balaban J connectivity index is 1.47. The number of nitrogens with one attached hydrogen (secondary N) is 1. The molecule has 0 aliphatic carbocycles. The lowest BCUT2D eigenvalue weighted by atomic mass is 9.87. The fourth-order valence-electron chi connectivity index (χ4n) is 4.40. The Morgan fingerprint density at radius 2 is 1.97 bits per heavy atom. The van der Waals surface area contributed by atoms with Gasteiger partial charge in [-0.3, -0.25) is 19.5 Å². The smallest absolute Gasteiger partial charge is 0.228 e. The highest BCUT2D eigenvalue weighted by Gasteiger charge is 2.35. The number of rotatable bonds is 6. The van der Waals surface area contributed by atoms with Gasteiger partial charge in [-0.15, -0.1) is 0 Å². The third-order valence-electron chi connectivity index (χ3n) is 6.74. The van der Waals surface area contributed by atoms with Crippen molar-refractivity contribution in [1.29, 1.82) is 0 Å². The predicted molar refractivity (Wildman–Crippen MR) is 114 cm³/mol. The van der Waals surface area contributed by atoms with Crippen LogP contribution in [-0.4, -0.2) is 58.8 Å². The van der Waals surface area contributed by atoms with Gasteiger partial charge in [0.1, 0.15) is 0 Å². The maximum atomic E-state index is 12.7. The average Bonchev–Trinajstić information content (AvgIpc) is 2.77. The van der Waals surface area contributed by atoms with Gasteiger partial charge >= 0.3 is 0 Å². The Kier molecular flexibility index (Phi) is 7.28. The van der Waals surface area contributed by atoms with Gasteiger partial charge in [0.25, 0.3) is 0 Å². The van der Waals surface area contributed by atoms with Crippen molar-refractivity contribution in [2.75, 3.05) is 26.2 Å². The summed E-state index contributed by atoms with van der Waals surface area (Å²) in [6.45, 7) is 10.3. The van der Waals surface area contributed by atoms with Gasteiger partial charge in [0.05, 0.1) is 5.92 Å². The molecule has 1 aromatic heterocycles. The molecule has 1 unspecified atom stereocenters. The average molecular weight is 401 g/mol. The van der Waals surface area contributed by atoms with Gasteiger partial charge < -0.3 is 10.2 Å². The Morgan fingerprint density at radius 1 is 1.21 bits per heavy atom. The second kappa shape index (κ2) is 9.70. The summed E-state index contributed by atoms with van der Waals surface area (Å²) in [4.78, 5) is 34.0. The van der Waals surface area contributed by atoms with Gasteiger partial charge in [0, 0.05) is 50.0 Å². The highest BCUT2D eigenvalue weighted by Crippen LogP contribution is 2.28. The van der Waals surface area contributed by atoms with Crippen LogP contribution in [0.3, 0.4) is 0 Å². The first-order valence-electron chi connectivity index (χ1n) is 11.1. The first kappa shape index (κ1) is 21.8. The van der Waals surface area contributed by atoms with Crippen molar-refractivity contribution in [1.82, 2.24) is 20.1 Å². The summed E-state index contributed by atoms with van der Waals surface area (Å²) in [5.41, 5.74) is 0.760. The van der Waals surface area contributed by atoms with E-state index in [2.05, 4.69) is 22.1 Å². The van der Waals surface area contributed by atoms with Crippen LogP contribution in [0.5, 0.6) is 0 Å². The highest BCUT2D eigenvalue weighted by atomic mass is 16.2. The quantitative estimate of drug-likeness (QED) is 0.797. The Hall–Kier alpha value is -1.95. The van der Waals surface area contributed by atoms with Gasteiger partial charge in [0.15, 0.2) is 0 Å². The highest BCUT2D eigenvalue weighted by molar-refractivity contribution is 5.82. The largest absolute Gasteiger partial charge is 0.352 e. The lowest BCUT2D eigenvalue weighted by molar-refractivity contribution is -0.142. The SMILES string of the molecule is CCC(C)(C)C(=O)N1CCC(N2CCCC(C(=O)NCc3cccnc3)C2)CC1. The van der Waals surface area contributed by atoms with Crippen molar-refractivity contribution in [3.05, 3.63) is 30.1 Å². The first-order chi connectivity index (χ1) is 13.9. The van der Waals surface area contributed by atoms with E-state index in [9.17, 15) is 9.59 Å². The van der Waals surface area contributed by atoms with Gasteiger partial charge in [-0.05, 0) is 50.3 Å². The summed E-state index contributed by atoms with van der Waals surface area (Å²) in [6.07, 6.45) is 8.44. The molecule has 6 heteroatoms. The molecule has 160 valence electrons. The molecule has 0 spiro atoms. The number of hydrogen-bond acceptors (Lipinski definition) is 4. The molecule has 0 bridgehead atoms. The van der Waals surface area contributed by atoms with Crippen LogP contribution in [0.15, 0.2) is 24.5 Å². The molecule has 0 saturated carbocycles. The number of carbonyl (C=O) groups excluding carboxylic acids is 2. The predicted octanol–water partition coefficient (Wildman–Crippen LogP) is 2.84. The second-order valence-electron chi connectivity index (χ2n) is 9.17. The van der Waals surface area contributed by atoms with E-state index in [-0.39, 0.29) is 23.1 Å². The van der Waals surface area contributed by atoms with E-state index in [4.69, 9.17) is 0 Å². The number of piperidine rings is 2. The van der Waals surface area contributed by atoms with Crippen molar-refractivity contribution >= 4 is 11.8 Å². The summed E-state index contributed by atoms with van der Waals surface area (Å²) >= 11 is 0. The minimum atomic E-state index is -0.268. The standard InChI is InChI=1S/C23H36N4O2/c1-4-23(2,3)22(29)26-13-9-20(10-14-26)27-12-6-8-19(17-27)21(28)25-16-18-7-5-11-24-15-18/h5,7,11,15,19-20H,4,6,8-10,12-14,16-17H2,1-3H3,(H,25,28). The zero-order valence-electron chi connectivity index (χ0n) is 18.2. The number of pyridine rings is 1. The molecule has 1 aromatic rings. The maximum absolute atomic E-state index is 12.7. The normalized spacial score (nSPS) is 21.8. The second-order valence-corrected chi connectivity index (χ2v) is 9.17. The summed E-state index contributed by atoms with van der Waals surface area (Å²) < 4.78 is 0. The third-order valence-corrected chi connectivity index (χ3v) is 6.74. The van der Waals surface area contributed by atoms with Crippen molar-refractivity contribution in [3.8, 4) is 0 Å². The summed E-state index contributed by atoms with van der Waals surface area (Å²) in [7, 11) is 0. The third kappa shape index (κ3) is 5.56. The van der Waals surface area contributed by atoms with Crippen LogP contribution in [0, 0.1) is 11.3 Å². The molecule has 1 atom stereocenters. The van der Waals surface area contributed by atoms with Gasteiger partial charge in [-0.1, -0.05) is 26.8 Å². The molecular weight excluding hydrogens is 364 g/mol. The van der Waals surface area contributed by atoms with Crippen molar-refractivity contribution in [2.45, 2.75) is 65.5 Å². The Morgan fingerprint density at radius 3 is 2.62 bits per heavy atom. The topological polar surface area (TPSA) is 65.5 Å². The zero-order valence-corrected chi connectivity index (χ0v) is 18.2. The molecule has 2 saturated heterocycles. The van der Waals surface area contributed by atoms with Crippen LogP contribution in [0.2, 0.25) is 0 Å². The van der Waals surface area contributed by atoms with E-state index in [1.54, 1.807) is 12.4 Å². The maximum Gasteiger partial charge on any atom is 0.228 e. The molecule has 1 N–H and O–H groups in total. The molecule has 0 aromatic carbocycles. The number of nitrogens with zero attached hydrogens (tertiary/aromatic N) is 3. The van der Waals surface area contributed by atoms with Crippen LogP contribution < -0.4 is 5.32 Å². The fourth-order valence-corrected chi connectivity index (χ4v) is 4.40. The number of amides is 2. The fraction of sp³-hybridized carbons (Fsp3) is 0.696. The molecule has 0 radical (unpaired) electrons. The number of hydrogen-bond donors (Lipinski definition) is 1. The van der Waals surface area contributed by atoms with E-state index < -0.39 is 0 Å². The molecule has 3 rings (SSSR count). The van der Waals surface area contributed by atoms with E-state index in [0.29, 0.717) is 12.6 Å². The van der Waals surface area contributed by atoms with Crippen LogP contribution >= 0.6 is 0 Å². The van der Waals surface area contributed by atoms with Crippen LogP contribution in [0.25, 0.3) is 0 Å². The monoisotopic (exact) mass is 400 g/mol. The van der Waals surface area contributed by atoms with Crippen molar-refractivity contribution in [3.63, 3.8) is 0 Å². The summed E-state index contributed by atoms with van der Waals surface area (Å²) in [5.74, 6) is 0.486. The number of likely N-dealkylation sites (tertiary alicyclic amines) is 2. The molecule has 2 aliphatic rings. The molecular formula is C23H36N4O2. The Labute approximate surface area is 175 Å². The van der Waals surface area contributed by atoms with Crippen molar-refractivity contribution < 1.29 is 9.59 Å². The molecule has 2 aliphatic heterocycles. The van der Waals surface area contributed by atoms with Crippen LogP contribution in [0.4, 0.5) is 0 Å². The lowest BCUT2D eigenvalue weighted by Gasteiger charge is -2.43. The minimum absolute atomic E-state index is 0.0547. The molecule has 29 heavy (non-hydrogen) atoms. The molecule has 2 fully saturated rings. The summed E-state index contributed by atoms with van der Waals surface area (Å²) in [5, 5.41) is 3.08. The van der Waals surface area contributed by atoms with Gasteiger partial charge in [0.2, 0.25) is 11.8 Å². The Bertz CT molecular complexity index is 683. The molecule has 6 nitrogen and oxygen atoms in total. The van der Waals surface area contributed by atoms with E-state index in [0.717, 1.165) is 63.8 Å². The van der Waals surface area contributed by atoms with Crippen molar-refractivity contribution in [2.24, 2.45) is 11.3 Å². The van der Waals surface area contributed by atoms with Crippen LogP contribution in [0.1, 0.15) is 58.4 Å². The van der Waals surface area contributed by atoms with Gasteiger partial charge in [-0.2, -0.15) is 0 Å². The zero-order chi connectivity index (χ0) is 20.9. The van der Waals surface area contributed by atoms with E-state index in [1.807, 2.05) is 30.9 Å². The molecule has 2 amide bonds.